The number of thiophene rings is 1. The molecule has 4 nitrogen and oxygen atoms in total. The van der Waals surface area contributed by atoms with Crippen LogP contribution in [0.1, 0.15) is 45.9 Å². The Morgan fingerprint density at radius 2 is 2.17 bits per heavy atom. The highest BCUT2D eigenvalue weighted by Gasteiger charge is 2.34. The number of fused-ring (bicyclic) bond motifs is 3. The van der Waals surface area contributed by atoms with Crippen molar-refractivity contribution in [3.8, 4) is 5.75 Å². The molecule has 0 radical (unpaired) electrons. The van der Waals surface area contributed by atoms with Gasteiger partial charge in [0.25, 0.3) is 5.91 Å². The van der Waals surface area contributed by atoms with Crippen LogP contribution in [0.5, 0.6) is 5.75 Å². The second-order valence-electron chi connectivity index (χ2n) is 6.43. The highest BCUT2D eigenvalue weighted by molar-refractivity contribution is 9.10. The normalized spacial score (nSPS) is 22.4. The zero-order valence-corrected chi connectivity index (χ0v) is 16.1. The van der Waals surface area contributed by atoms with Crippen LogP contribution < -0.4 is 10.6 Å². The fourth-order valence-corrected chi connectivity index (χ4v) is 5.69. The number of carbonyl (C=O) groups excluding carboxylic acids is 1. The molecule has 1 amide bonds. The second-order valence-corrected chi connectivity index (χ2v) is 8.83. The molecule has 2 atom stereocenters. The first-order valence-electron chi connectivity index (χ1n) is 7.84. The van der Waals surface area contributed by atoms with E-state index in [1.54, 1.807) is 23.5 Å². The van der Waals surface area contributed by atoms with Crippen LogP contribution >= 0.6 is 38.9 Å². The monoisotopic (exact) mass is 426 g/mol. The number of hydrogen-bond donors (Lipinski definition) is 3. The SMILES string of the molecule is CC1CCc2c(sc3c2C(=O)NC(c2cc(Cl)cc(Br)c2O)N3)C1. The van der Waals surface area contributed by atoms with E-state index in [4.69, 9.17) is 11.6 Å². The molecule has 0 spiro atoms. The van der Waals surface area contributed by atoms with Crippen molar-refractivity contribution in [1.82, 2.24) is 5.32 Å². The van der Waals surface area contributed by atoms with Crippen LogP contribution in [0.2, 0.25) is 5.02 Å². The molecule has 0 saturated heterocycles. The lowest BCUT2D eigenvalue weighted by Crippen LogP contribution is -2.38. The number of phenols is 1. The van der Waals surface area contributed by atoms with Gasteiger partial charge in [-0.05, 0) is 58.8 Å². The summed E-state index contributed by atoms with van der Waals surface area (Å²) in [5.74, 6) is 0.649. The zero-order valence-electron chi connectivity index (χ0n) is 13.0. The minimum atomic E-state index is -0.502. The average Bonchev–Trinajstić information content (AvgIpc) is 2.88. The average molecular weight is 428 g/mol. The number of halogens is 2. The van der Waals surface area contributed by atoms with E-state index >= 15 is 0 Å². The Balaban J connectivity index is 1.74. The summed E-state index contributed by atoms with van der Waals surface area (Å²) in [6, 6.07) is 3.29. The molecule has 2 heterocycles. The quantitative estimate of drug-likeness (QED) is 0.610. The standard InChI is InChI=1S/C17H16BrClN2O2S/c1-7-2-3-9-12(4-7)24-17-13(9)16(23)20-15(21-17)10-5-8(19)6-11(18)14(10)22/h5-7,15,21-22H,2-4H2,1H3,(H,20,23). The highest BCUT2D eigenvalue weighted by atomic mass is 79.9. The van der Waals surface area contributed by atoms with Crippen LogP contribution in [0.15, 0.2) is 16.6 Å². The fraction of sp³-hybridized carbons (Fsp3) is 0.353. The van der Waals surface area contributed by atoms with Gasteiger partial charge < -0.3 is 15.7 Å². The van der Waals surface area contributed by atoms with E-state index in [9.17, 15) is 9.90 Å². The molecule has 2 unspecified atom stereocenters. The molecule has 3 N–H and O–H groups in total. The smallest absolute Gasteiger partial charge is 0.256 e. The second kappa shape index (κ2) is 5.93. The molecule has 7 heteroatoms. The van der Waals surface area contributed by atoms with Gasteiger partial charge in [-0.3, -0.25) is 4.79 Å². The maximum Gasteiger partial charge on any atom is 0.256 e. The van der Waals surface area contributed by atoms with E-state index in [-0.39, 0.29) is 11.7 Å². The molecule has 1 aliphatic carbocycles. The van der Waals surface area contributed by atoms with Gasteiger partial charge >= 0.3 is 0 Å². The van der Waals surface area contributed by atoms with E-state index in [0.717, 1.165) is 29.8 Å². The van der Waals surface area contributed by atoms with Gasteiger partial charge in [0, 0.05) is 15.5 Å². The number of amides is 1. The molecule has 24 heavy (non-hydrogen) atoms. The van der Waals surface area contributed by atoms with Crippen molar-refractivity contribution in [2.24, 2.45) is 5.92 Å². The number of nitrogens with one attached hydrogen (secondary N) is 2. The van der Waals surface area contributed by atoms with Crippen LogP contribution in [-0.2, 0) is 12.8 Å². The summed E-state index contributed by atoms with van der Waals surface area (Å²) in [7, 11) is 0. The Morgan fingerprint density at radius 3 is 2.96 bits per heavy atom. The van der Waals surface area contributed by atoms with Gasteiger partial charge in [-0.2, -0.15) is 0 Å². The van der Waals surface area contributed by atoms with Crippen molar-refractivity contribution in [3.05, 3.63) is 43.2 Å². The molecule has 4 rings (SSSR count). The lowest BCUT2D eigenvalue weighted by Gasteiger charge is -2.27. The van der Waals surface area contributed by atoms with Crippen LogP contribution in [0.4, 0.5) is 5.00 Å². The Bertz CT molecular complexity index is 852. The van der Waals surface area contributed by atoms with Gasteiger partial charge in [0.05, 0.1) is 10.0 Å². The third-order valence-electron chi connectivity index (χ3n) is 4.66. The molecule has 1 aliphatic heterocycles. The maximum atomic E-state index is 12.7. The third kappa shape index (κ3) is 2.61. The van der Waals surface area contributed by atoms with Gasteiger partial charge in [-0.1, -0.05) is 18.5 Å². The summed E-state index contributed by atoms with van der Waals surface area (Å²) < 4.78 is 0.506. The number of aromatic hydroxyl groups is 1. The Kier molecular flexibility index (Phi) is 4.01. The van der Waals surface area contributed by atoms with Crippen molar-refractivity contribution in [2.75, 3.05) is 5.32 Å². The largest absolute Gasteiger partial charge is 0.506 e. The molecule has 0 saturated carbocycles. The summed E-state index contributed by atoms with van der Waals surface area (Å²) in [5.41, 5.74) is 2.51. The summed E-state index contributed by atoms with van der Waals surface area (Å²) >= 11 is 11.0. The summed E-state index contributed by atoms with van der Waals surface area (Å²) in [4.78, 5) is 14.0. The predicted octanol–water partition coefficient (Wildman–Crippen LogP) is 4.85. The first-order chi connectivity index (χ1) is 11.4. The van der Waals surface area contributed by atoms with Gasteiger partial charge in [0.15, 0.2) is 0 Å². The van der Waals surface area contributed by atoms with Crippen molar-refractivity contribution >= 4 is 49.8 Å². The number of phenolic OH excluding ortho intramolecular Hbond substituents is 1. The minimum Gasteiger partial charge on any atom is -0.506 e. The first-order valence-corrected chi connectivity index (χ1v) is 9.82. The number of carbonyl (C=O) groups is 1. The van der Waals surface area contributed by atoms with Gasteiger partial charge in [-0.15, -0.1) is 11.3 Å². The number of hydrogen-bond acceptors (Lipinski definition) is 4. The minimum absolute atomic E-state index is 0.0793. The Morgan fingerprint density at radius 1 is 1.38 bits per heavy atom. The number of anilines is 1. The van der Waals surface area contributed by atoms with E-state index in [2.05, 4.69) is 33.5 Å². The van der Waals surface area contributed by atoms with Crippen molar-refractivity contribution in [2.45, 2.75) is 32.4 Å². The van der Waals surface area contributed by atoms with Gasteiger partial charge in [0.2, 0.25) is 0 Å². The predicted molar refractivity (Wildman–Crippen MR) is 100 cm³/mol. The van der Waals surface area contributed by atoms with Crippen LogP contribution in [0, 0.1) is 5.92 Å². The van der Waals surface area contributed by atoms with Crippen LogP contribution in [-0.4, -0.2) is 11.0 Å². The lowest BCUT2D eigenvalue weighted by atomic mass is 9.88. The molecule has 1 aromatic carbocycles. The van der Waals surface area contributed by atoms with E-state index in [1.165, 1.54) is 10.4 Å². The van der Waals surface area contributed by atoms with Crippen LogP contribution in [0.25, 0.3) is 0 Å². The van der Waals surface area contributed by atoms with Crippen molar-refractivity contribution in [3.63, 3.8) is 0 Å². The molecule has 2 aromatic rings. The number of benzene rings is 1. The fourth-order valence-electron chi connectivity index (χ4n) is 3.42. The molecule has 126 valence electrons. The lowest BCUT2D eigenvalue weighted by molar-refractivity contribution is 0.0935. The third-order valence-corrected chi connectivity index (χ3v) is 6.67. The molecular weight excluding hydrogens is 412 g/mol. The zero-order chi connectivity index (χ0) is 17.0. The van der Waals surface area contributed by atoms with E-state index in [1.807, 2.05) is 0 Å². The van der Waals surface area contributed by atoms with Crippen LogP contribution in [0.3, 0.4) is 0 Å². The van der Waals surface area contributed by atoms with E-state index in [0.29, 0.717) is 21.0 Å². The van der Waals surface area contributed by atoms with Crippen molar-refractivity contribution < 1.29 is 9.90 Å². The molecule has 0 bridgehead atoms. The molecule has 0 fully saturated rings. The Hall–Kier alpha value is -1.24. The summed E-state index contributed by atoms with van der Waals surface area (Å²) in [6.45, 7) is 2.25. The summed E-state index contributed by atoms with van der Waals surface area (Å²) in [5, 5.41) is 18.0. The van der Waals surface area contributed by atoms with Gasteiger partial charge in [0.1, 0.15) is 16.9 Å². The summed E-state index contributed by atoms with van der Waals surface area (Å²) in [6.07, 6.45) is 2.60. The first kappa shape index (κ1) is 16.2. The van der Waals surface area contributed by atoms with Gasteiger partial charge in [-0.25, -0.2) is 0 Å². The molecule has 2 aliphatic rings. The Labute approximate surface area is 157 Å². The number of rotatable bonds is 1. The maximum absolute atomic E-state index is 12.7. The van der Waals surface area contributed by atoms with Crippen molar-refractivity contribution in [1.29, 1.82) is 0 Å². The molecule has 1 aromatic heterocycles. The molecular formula is C17H16BrClN2O2S. The topological polar surface area (TPSA) is 61.4 Å². The van der Waals surface area contributed by atoms with E-state index < -0.39 is 6.17 Å². The highest BCUT2D eigenvalue weighted by Crippen LogP contribution is 2.44.